The molecule has 0 unspecified atom stereocenters. The fourth-order valence-corrected chi connectivity index (χ4v) is 4.44. The summed E-state index contributed by atoms with van der Waals surface area (Å²) < 4.78 is 10.9. The summed E-state index contributed by atoms with van der Waals surface area (Å²) in [4.78, 5) is 25.0. The molecule has 2 amide bonds. The molecule has 3 aromatic carbocycles. The van der Waals surface area contributed by atoms with Crippen molar-refractivity contribution in [2.75, 3.05) is 12.1 Å². The summed E-state index contributed by atoms with van der Waals surface area (Å²) in [6.45, 7) is 4.45. The van der Waals surface area contributed by atoms with E-state index in [1.807, 2.05) is 48.5 Å². The van der Waals surface area contributed by atoms with Crippen molar-refractivity contribution in [3.8, 4) is 22.6 Å². The highest BCUT2D eigenvalue weighted by Gasteiger charge is 2.51. The quantitative estimate of drug-likeness (QED) is 0.564. The summed E-state index contributed by atoms with van der Waals surface area (Å²) in [6, 6.07) is 18.9. The molecule has 0 saturated heterocycles. The van der Waals surface area contributed by atoms with E-state index < -0.39 is 11.3 Å². The summed E-state index contributed by atoms with van der Waals surface area (Å²) in [5, 5.41) is 3.12. The average Bonchev–Trinajstić information content (AvgIpc) is 3.49. The number of amides is 2. The van der Waals surface area contributed by atoms with Crippen LogP contribution in [0.1, 0.15) is 54.1 Å². The predicted molar refractivity (Wildman–Crippen MR) is 127 cm³/mol. The Morgan fingerprint density at radius 3 is 2.48 bits per heavy atom. The summed E-state index contributed by atoms with van der Waals surface area (Å²) in [6.07, 6.45) is 1.58. The van der Waals surface area contributed by atoms with Gasteiger partial charge >= 0.3 is 0 Å². The van der Waals surface area contributed by atoms with Gasteiger partial charge in [0.05, 0.1) is 5.41 Å². The molecule has 1 saturated carbocycles. The Morgan fingerprint density at radius 2 is 1.76 bits per heavy atom. The van der Waals surface area contributed by atoms with Gasteiger partial charge in [0.1, 0.15) is 0 Å². The number of primary amides is 1. The van der Waals surface area contributed by atoms with E-state index >= 15 is 0 Å². The number of anilines is 1. The van der Waals surface area contributed by atoms with Crippen LogP contribution in [0.2, 0.25) is 0 Å². The Labute approximate surface area is 192 Å². The third kappa shape index (κ3) is 3.82. The third-order valence-electron chi connectivity index (χ3n) is 6.50. The minimum atomic E-state index is -0.552. The molecule has 5 rings (SSSR count). The van der Waals surface area contributed by atoms with Gasteiger partial charge in [-0.05, 0) is 77.4 Å². The van der Waals surface area contributed by atoms with Gasteiger partial charge in [-0.15, -0.1) is 0 Å². The van der Waals surface area contributed by atoms with Gasteiger partial charge in [0, 0.05) is 11.3 Å². The lowest BCUT2D eigenvalue weighted by atomic mass is 9.91. The lowest BCUT2D eigenvalue weighted by Gasteiger charge is -2.19. The molecule has 168 valence electrons. The zero-order valence-corrected chi connectivity index (χ0v) is 18.7. The van der Waals surface area contributed by atoms with Crippen LogP contribution >= 0.6 is 0 Å². The largest absolute Gasteiger partial charge is 0.454 e. The lowest BCUT2D eigenvalue weighted by molar-refractivity contribution is -0.118. The minimum absolute atomic E-state index is 0.0319. The molecule has 1 aliphatic heterocycles. The molecule has 1 fully saturated rings. The van der Waals surface area contributed by atoms with E-state index in [9.17, 15) is 9.59 Å². The second kappa shape index (κ2) is 7.96. The molecular weight excluding hydrogens is 416 g/mol. The van der Waals surface area contributed by atoms with Crippen molar-refractivity contribution in [1.29, 1.82) is 0 Å². The normalized spacial score (nSPS) is 15.4. The van der Waals surface area contributed by atoms with Gasteiger partial charge in [-0.25, -0.2) is 0 Å². The van der Waals surface area contributed by atoms with Crippen molar-refractivity contribution < 1.29 is 19.1 Å². The minimum Gasteiger partial charge on any atom is -0.454 e. The smallest absolute Gasteiger partial charge is 0.248 e. The van der Waals surface area contributed by atoms with Gasteiger partial charge in [-0.1, -0.05) is 38.1 Å². The first-order valence-electron chi connectivity index (χ1n) is 11.1. The highest BCUT2D eigenvalue weighted by molar-refractivity contribution is 6.02. The number of ether oxygens (including phenoxy) is 2. The van der Waals surface area contributed by atoms with Crippen LogP contribution < -0.4 is 20.5 Å². The highest BCUT2D eigenvalue weighted by atomic mass is 16.7. The molecule has 0 radical (unpaired) electrons. The first-order chi connectivity index (χ1) is 15.9. The Morgan fingerprint density at radius 1 is 0.970 bits per heavy atom. The number of fused-ring (bicyclic) bond motifs is 1. The zero-order chi connectivity index (χ0) is 23.2. The van der Waals surface area contributed by atoms with Gasteiger partial charge in [-0.3, -0.25) is 9.59 Å². The second-order valence-corrected chi connectivity index (χ2v) is 9.01. The molecule has 0 bridgehead atoms. The molecule has 1 aliphatic carbocycles. The Hall–Kier alpha value is -3.80. The van der Waals surface area contributed by atoms with E-state index in [1.165, 1.54) is 0 Å². The summed E-state index contributed by atoms with van der Waals surface area (Å²) >= 11 is 0. The van der Waals surface area contributed by atoms with E-state index in [0.29, 0.717) is 17.1 Å². The molecule has 6 heteroatoms. The fraction of sp³-hybridized carbons (Fsp3) is 0.259. The van der Waals surface area contributed by atoms with Gasteiger partial charge in [0.2, 0.25) is 18.6 Å². The van der Waals surface area contributed by atoms with Crippen LogP contribution in [0.25, 0.3) is 11.1 Å². The SMILES string of the molecule is CC(C)c1ccc(NC(=O)C2(c3ccc4c(c3)OCO4)CC2)cc1-c1cccc(C(N)=O)c1. The van der Waals surface area contributed by atoms with Crippen molar-refractivity contribution in [3.63, 3.8) is 0 Å². The van der Waals surface area contributed by atoms with Crippen molar-refractivity contribution in [1.82, 2.24) is 0 Å². The maximum absolute atomic E-state index is 13.4. The number of nitrogens with two attached hydrogens (primary N) is 1. The van der Waals surface area contributed by atoms with E-state index in [0.717, 1.165) is 40.8 Å². The van der Waals surface area contributed by atoms with Crippen molar-refractivity contribution >= 4 is 17.5 Å². The van der Waals surface area contributed by atoms with Crippen molar-refractivity contribution in [3.05, 3.63) is 77.4 Å². The van der Waals surface area contributed by atoms with Gasteiger partial charge in [0.25, 0.3) is 0 Å². The lowest BCUT2D eigenvalue weighted by Crippen LogP contribution is -2.27. The van der Waals surface area contributed by atoms with Gasteiger partial charge in [0.15, 0.2) is 11.5 Å². The second-order valence-electron chi connectivity index (χ2n) is 9.01. The van der Waals surface area contributed by atoms with Crippen LogP contribution in [0.4, 0.5) is 5.69 Å². The molecule has 3 N–H and O–H groups in total. The van der Waals surface area contributed by atoms with Crippen LogP contribution in [-0.2, 0) is 10.2 Å². The standard InChI is InChI=1S/C27H26N2O4/c1-16(2)21-8-7-20(14-22(21)17-4-3-5-18(12-17)25(28)30)29-26(31)27(10-11-27)19-6-9-23-24(13-19)33-15-32-23/h3-9,12-14,16H,10-11,15H2,1-2H3,(H2,28,30)(H,29,31). The molecule has 0 aromatic heterocycles. The van der Waals surface area contributed by atoms with Crippen LogP contribution in [0.15, 0.2) is 60.7 Å². The molecule has 1 heterocycles. The number of hydrogen-bond acceptors (Lipinski definition) is 4. The highest BCUT2D eigenvalue weighted by Crippen LogP contribution is 2.51. The first kappa shape index (κ1) is 21.1. The number of benzene rings is 3. The Balaban J connectivity index is 1.45. The molecule has 0 atom stereocenters. The molecule has 6 nitrogen and oxygen atoms in total. The van der Waals surface area contributed by atoms with Gasteiger partial charge in [-0.2, -0.15) is 0 Å². The van der Waals surface area contributed by atoms with E-state index in [-0.39, 0.29) is 18.6 Å². The number of carbonyl (C=O) groups is 2. The first-order valence-corrected chi connectivity index (χ1v) is 11.1. The number of carbonyl (C=O) groups excluding carboxylic acids is 2. The number of hydrogen-bond donors (Lipinski definition) is 2. The van der Waals surface area contributed by atoms with Crippen LogP contribution in [0.3, 0.4) is 0 Å². The molecule has 3 aromatic rings. The van der Waals surface area contributed by atoms with Crippen molar-refractivity contribution in [2.45, 2.75) is 38.0 Å². The Bertz CT molecular complexity index is 1260. The van der Waals surface area contributed by atoms with Crippen LogP contribution in [-0.4, -0.2) is 18.6 Å². The fourth-order valence-electron chi connectivity index (χ4n) is 4.44. The topological polar surface area (TPSA) is 90.7 Å². The maximum atomic E-state index is 13.4. The summed E-state index contributed by atoms with van der Waals surface area (Å²) in [5.41, 5.74) is 10.0. The van der Waals surface area contributed by atoms with Crippen LogP contribution in [0.5, 0.6) is 11.5 Å². The number of nitrogens with one attached hydrogen (secondary N) is 1. The number of rotatable bonds is 6. The summed E-state index contributed by atoms with van der Waals surface area (Å²) in [7, 11) is 0. The monoisotopic (exact) mass is 442 g/mol. The van der Waals surface area contributed by atoms with E-state index in [4.69, 9.17) is 15.2 Å². The van der Waals surface area contributed by atoms with Gasteiger partial charge < -0.3 is 20.5 Å². The molecule has 2 aliphatic rings. The average molecular weight is 443 g/mol. The Kier molecular flexibility index (Phi) is 5.08. The van der Waals surface area contributed by atoms with Crippen molar-refractivity contribution in [2.24, 2.45) is 5.73 Å². The third-order valence-corrected chi connectivity index (χ3v) is 6.50. The maximum Gasteiger partial charge on any atom is 0.248 e. The zero-order valence-electron chi connectivity index (χ0n) is 18.7. The van der Waals surface area contributed by atoms with E-state index in [2.05, 4.69) is 19.2 Å². The van der Waals surface area contributed by atoms with Crippen LogP contribution in [0, 0.1) is 0 Å². The molecule has 0 spiro atoms. The predicted octanol–water partition coefficient (Wildman–Crippen LogP) is 4.97. The molecular formula is C27H26N2O4. The van der Waals surface area contributed by atoms with E-state index in [1.54, 1.807) is 12.1 Å². The summed E-state index contributed by atoms with van der Waals surface area (Å²) in [5.74, 6) is 1.17. The molecule has 33 heavy (non-hydrogen) atoms.